The van der Waals surface area contributed by atoms with Gasteiger partial charge in [0.2, 0.25) is 11.7 Å². The average Bonchev–Trinajstić information content (AvgIpc) is 3.00. The van der Waals surface area contributed by atoms with E-state index in [1.165, 1.54) is 0 Å². The summed E-state index contributed by atoms with van der Waals surface area (Å²) in [5, 5.41) is 9.94. The van der Waals surface area contributed by atoms with Gasteiger partial charge in [-0.25, -0.2) is 0 Å². The van der Waals surface area contributed by atoms with Crippen molar-refractivity contribution in [1.82, 2.24) is 20.8 Å². The number of rotatable bonds is 7. The molecule has 1 fully saturated rings. The zero-order valence-electron chi connectivity index (χ0n) is 13.4. The van der Waals surface area contributed by atoms with E-state index in [1.54, 1.807) is 24.3 Å². The van der Waals surface area contributed by atoms with E-state index in [1.807, 2.05) is 6.92 Å². The van der Waals surface area contributed by atoms with E-state index in [0.717, 1.165) is 13.1 Å². The van der Waals surface area contributed by atoms with Crippen LogP contribution in [-0.2, 0) is 13.0 Å². The second-order valence-electron chi connectivity index (χ2n) is 5.51. The number of nitrogens with zero attached hydrogens (tertiary/aromatic N) is 2. The van der Waals surface area contributed by atoms with Crippen molar-refractivity contribution in [2.45, 2.75) is 20.0 Å². The van der Waals surface area contributed by atoms with Crippen molar-refractivity contribution in [3.8, 4) is 5.75 Å². The molecular formula is C16H21ClN4O3. The van der Waals surface area contributed by atoms with Crippen LogP contribution in [0.4, 0.5) is 0 Å². The van der Waals surface area contributed by atoms with Crippen LogP contribution in [0.15, 0.2) is 28.8 Å². The normalized spacial score (nSPS) is 13.7. The van der Waals surface area contributed by atoms with Crippen LogP contribution in [0.5, 0.6) is 5.75 Å². The molecule has 1 amide bonds. The molecule has 1 aromatic heterocycles. The zero-order chi connectivity index (χ0) is 16.1. The molecule has 2 N–H and O–H groups in total. The fourth-order valence-electron chi connectivity index (χ4n) is 2.17. The maximum Gasteiger partial charge on any atom is 0.251 e. The molecule has 130 valence electrons. The number of carbonyl (C=O) groups is 1. The fourth-order valence-corrected chi connectivity index (χ4v) is 2.17. The van der Waals surface area contributed by atoms with Crippen molar-refractivity contribution in [2.75, 3.05) is 19.6 Å². The summed E-state index contributed by atoms with van der Waals surface area (Å²) in [6, 6.07) is 7.02. The van der Waals surface area contributed by atoms with Crippen molar-refractivity contribution in [2.24, 2.45) is 5.92 Å². The first-order valence-electron chi connectivity index (χ1n) is 7.78. The van der Waals surface area contributed by atoms with Crippen molar-refractivity contribution in [3.63, 3.8) is 0 Å². The van der Waals surface area contributed by atoms with Crippen molar-refractivity contribution in [1.29, 1.82) is 0 Å². The number of ether oxygens (including phenoxy) is 1. The minimum absolute atomic E-state index is 0. The molecule has 0 unspecified atom stereocenters. The molecule has 0 saturated carbocycles. The number of aryl methyl sites for hydroxylation is 1. The molecule has 2 heterocycles. The quantitative estimate of drug-likeness (QED) is 0.786. The van der Waals surface area contributed by atoms with Crippen molar-refractivity contribution in [3.05, 3.63) is 41.5 Å². The molecule has 3 rings (SSSR count). The van der Waals surface area contributed by atoms with Crippen LogP contribution in [0.3, 0.4) is 0 Å². The number of carbonyl (C=O) groups excluding carboxylic acids is 1. The van der Waals surface area contributed by atoms with Gasteiger partial charge in [0.25, 0.3) is 5.91 Å². The molecule has 0 bridgehead atoms. The molecule has 2 aromatic rings. The van der Waals surface area contributed by atoms with Gasteiger partial charge in [0.1, 0.15) is 5.75 Å². The predicted molar refractivity (Wildman–Crippen MR) is 90.4 cm³/mol. The van der Waals surface area contributed by atoms with E-state index in [9.17, 15) is 4.79 Å². The summed E-state index contributed by atoms with van der Waals surface area (Å²) in [6.07, 6.45) is 0.702. The molecule has 8 heteroatoms. The minimum Gasteiger partial charge on any atom is -0.485 e. The Morgan fingerprint density at radius 1 is 1.38 bits per heavy atom. The van der Waals surface area contributed by atoms with E-state index in [-0.39, 0.29) is 24.9 Å². The maximum absolute atomic E-state index is 12.0. The van der Waals surface area contributed by atoms with E-state index in [2.05, 4.69) is 20.8 Å². The average molecular weight is 353 g/mol. The van der Waals surface area contributed by atoms with Gasteiger partial charge in [0.15, 0.2) is 6.61 Å². The third-order valence-corrected chi connectivity index (χ3v) is 3.71. The summed E-state index contributed by atoms with van der Waals surface area (Å²) in [7, 11) is 0. The molecule has 1 aliphatic heterocycles. The zero-order valence-corrected chi connectivity index (χ0v) is 14.3. The van der Waals surface area contributed by atoms with Crippen LogP contribution >= 0.6 is 12.4 Å². The molecule has 0 radical (unpaired) electrons. The summed E-state index contributed by atoms with van der Waals surface area (Å²) in [4.78, 5) is 16.2. The Bertz CT molecular complexity index is 656. The van der Waals surface area contributed by atoms with Crippen LogP contribution in [0, 0.1) is 5.92 Å². The molecule has 0 atom stereocenters. The summed E-state index contributed by atoms with van der Waals surface area (Å²) in [5.41, 5.74) is 0.623. The summed E-state index contributed by atoms with van der Waals surface area (Å²) in [6.45, 7) is 4.85. The van der Waals surface area contributed by atoms with Gasteiger partial charge in [-0.3, -0.25) is 4.79 Å². The Hall–Kier alpha value is -2.12. The van der Waals surface area contributed by atoms with Crippen molar-refractivity contribution >= 4 is 18.3 Å². The Morgan fingerprint density at radius 2 is 2.12 bits per heavy atom. The van der Waals surface area contributed by atoms with Crippen LogP contribution in [0.25, 0.3) is 0 Å². The monoisotopic (exact) mass is 352 g/mol. The fraction of sp³-hybridized carbons (Fsp3) is 0.438. The lowest BCUT2D eigenvalue weighted by Crippen LogP contribution is -2.48. The number of aromatic nitrogens is 2. The molecule has 7 nitrogen and oxygen atoms in total. The Balaban J connectivity index is 0.00000208. The Kier molecular flexibility index (Phi) is 6.57. The molecule has 24 heavy (non-hydrogen) atoms. The smallest absolute Gasteiger partial charge is 0.251 e. The van der Waals surface area contributed by atoms with E-state index in [0.29, 0.717) is 41.9 Å². The highest BCUT2D eigenvalue weighted by molar-refractivity contribution is 5.94. The second kappa shape index (κ2) is 8.65. The SMILES string of the molecule is CCc1nc(COc2ccc(C(=O)NCC3CNC3)cc2)no1.Cl. The van der Waals surface area contributed by atoms with Gasteiger partial charge >= 0.3 is 0 Å². The summed E-state index contributed by atoms with van der Waals surface area (Å²) in [5.74, 6) is 2.25. The predicted octanol–water partition coefficient (Wildman–Crippen LogP) is 1.58. The highest BCUT2D eigenvalue weighted by atomic mass is 35.5. The third-order valence-electron chi connectivity index (χ3n) is 3.71. The van der Waals surface area contributed by atoms with E-state index >= 15 is 0 Å². The first kappa shape index (κ1) is 18.2. The lowest BCUT2D eigenvalue weighted by atomic mass is 10.0. The van der Waals surface area contributed by atoms with Crippen molar-refractivity contribution < 1.29 is 14.1 Å². The Morgan fingerprint density at radius 3 is 2.71 bits per heavy atom. The topological polar surface area (TPSA) is 89.3 Å². The number of amides is 1. The Labute approximate surface area is 146 Å². The number of nitrogens with one attached hydrogen (secondary N) is 2. The minimum atomic E-state index is -0.0609. The van der Waals surface area contributed by atoms with Gasteiger partial charge < -0.3 is 19.9 Å². The van der Waals surface area contributed by atoms with Gasteiger partial charge in [-0.15, -0.1) is 12.4 Å². The lowest BCUT2D eigenvalue weighted by molar-refractivity contribution is 0.0942. The number of benzene rings is 1. The summed E-state index contributed by atoms with van der Waals surface area (Å²) >= 11 is 0. The molecule has 1 aromatic carbocycles. The highest BCUT2D eigenvalue weighted by Crippen LogP contribution is 2.14. The first-order valence-corrected chi connectivity index (χ1v) is 7.78. The van der Waals surface area contributed by atoms with Gasteiger partial charge in [0.05, 0.1) is 0 Å². The van der Waals surface area contributed by atoms with Crippen LogP contribution in [0.2, 0.25) is 0 Å². The number of hydrogen-bond acceptors (Lipinski definition) is 6. The van der Waals surface area contributed by atoms with Gasteiger partial charge in [0, 0.05) is 37.5 Å². The van der Waals surface area contributed by atoms with E-state index < -0.39 is 0 Å². The third kappa shape index (κ3) is 4.69. The van der Waals surface area contributed by atoms with Crippen LogP contribution < -0.4 is 15.4 Å². The van der Waals surface area contributed by atoms with E-state index in [4.69, 9.17) is 9.26 Å². The largest absolute Gasteiger partial charge is 0.485 e. The number of halogens is 1. The van der Waals surface area contributed by atoms with Crippen LogP contribution in [-0.4, -0.2) is 35.7 Å². The van der Waals surface area contributed by atoms with Crippen LogP contribution in [0.1, 0.15) is 29.0 Å². The van der Waals surface area contributed by atoms with Gasteiger partial charge in [-0.05, 0) is 24.3 Å². The standard InChI is InChI=1S/C16H20N4O3.ClH/c1-2-15-19-14(20-23-15)10-22-13-5-3-12(4-6-13)16(21)18-9-11-7-17-8-11;/h3-6,11,17H,2,7-10H2,1H3,(H,18,21);1H. The first-order chi connectivity index (χ1) is 11.2. The summed E-state index contributed by atoms with van der Waals surface area (Å²) < 4.78 is 10.6. The molecule has 1 aliphatic rings. The highest BCUT2D eigenvalue weighted by Gasteiger charge is 2.17. The van der Waals surface area contributed by atoms with Gasteiger partial charge in [-0.1, -0.05) is 12.1 Å². The second-order valence-corrected chi connectivity index (χ2v) is 5.51. The lowest BCUT2D eigenvalue weighted by Gasteiger charge is -2.27. The maximum atomic E-state index is 12.0. The molecule has 1 saturated heterocycles. The molecule has 0 aliphatic carbocycles. The van der Waals surface area contributed by atoms with Gasteiger partial charge in [-0.2, -0.15) is 4.98 Å². The molecular weight excluding hydrogens is 332 g/mol. The number of hydrogen-bond donors (Lipinski definition) is 2. The molecule has 0 spiro atoms.